The molecule has 0 spiro atoms. The minimum Gasteiger partial charge on any atom is -0.307 e. The van der Waals surface area contributed by atoms with Crippen LogP contribution in [0.5, 0.6) is 0 Å². The number of hydrogen-bond acceptors (Lipinski definition) is 1. The van der Waals surface area contributed by atoms with Crippen LogP contribution in [0.1, 0.15) is 64.5 Å². The molecule has 0 aliphatic heterocycles. The van der Waals surface area contributed by atoms with E-state index in [1.54, 1.807) is 0 Å². The summed E-state index contributed by atoms with van der Waals surface area (Å²) in [5, 5.41) is 4.63. The average Bonchev–Trinajstić information content (AvgIpc) is 2.64. The first-order valence-corrected chi connectivity index (χ1v) is 8.45. The summed E-state index contributed by atoms with van der Waals surface area (Å²) in [5.74, 6) is 1.75. The summed E-state index contributed by atoms with van der Waals surface area (Å²) in [6.45, 7) is 6.98. The molecular weight excluding hydrogens is 266 g/mol. The van der Waals surface area contributed by atoms with Crippen LogP contribution in [0.15, 0.2) is 24.3 Å². The van der Waals surface area contributed by atoms with E-state index in [0.29, 0.717) is 12.1 Å². The molecule has 2 rings (SSSR count). The van der Waals surface area contributed by atoms with Crippen molar-refractivity contribution in [1.82, 2.24) is 5.32 Å². The largest absolute Gasteiger partial charge is 0.307 e. The van der Waals surface area contributed by atoms with Gasteiger partial charge in [0.15, 0.2) is 0 Å². The molecule has 0 saturated heterocycles. The molecule has 1 N–H and O–H groups in total. The monoisotopic (exact) mass is 293 g/mol. The van der Waals surface area contributed by atoms with Crippen molar-refractivity contribution in [2.75, 3.05) is 0 Å². The molecule has 2 unspecified atom stereocenters. The Balaban J connectivity index is 1.90. The molecule has 0 bridgehead atoms. The summed E-state index contributed by atoms with van der Waals surface area (Å²) in [7, 11) is 0. The second kappa shape index (κ2) is 7.47. The van der Waals surface area contributed by atoms with Crippen LogP contribution in [-0.4, -0.2) is 6.04 Å². The van der Waals surface area contributed by atoms with Gasteiger partial charge in [0, 0.05) is 17.1 Å². The first-order chi connectivity index (χ1) is 9.56. The van der Waals surface area contributed by atoms with Crippen molar-refractivity contribution in [3.63, 3.8) is 0 Å². The Morgan fingerprint density at radius 3 is 2.60 bits per heavy atom. The molecule has 20 heavy (non-hydrogen) atoms. The number of benzene rings is 1. The molecule has 1 saturated carbocycles. The molecule has 2 heteroatoms. The fourth-order valence-corrected chi connectivity index (χ4v) is 3.59. The van der Waals surface area contributed by atoms with E-state index >= 15 is 0 Å². The lowest BCUT2D eigenvalue weighted by Gasteiger charge is -2.23. The Morgan fingerprint density at radius 2 is 1.90 bits per heavy atom. The van der Waals surface area contributed by atoms with Gasteiger partial charge in [0.25, 0.3) is 0 Å². The topological polar surface area (TPSA) is 12.0 Å². The van der Waals surface area contributed by atoms with E-state index in [9.17, 15) is 0 Å². The van der Waals surface area contributed by atoms with Crippen LogP contribution in [0.2, 0.25) is 5.02 Å². The lowest BCUT2D eigenvalue weighted by Crippen LogP contribution is -2.31. The van der Waals surface area contributed by atoms with Gasteiger partial charge in [-0.3, -0.25) is 0 Å². The maximum Gasteiger partial charge on any atom is 0.0409 e. The molecule has 0 radical (unpaired) electrons. The van der Waals surface area contributed by atoms with Crippen molar-refractivity contribution in [3.05, 3.63) is 34.9 Å². The van der Waals surface area contributed by atoms with E-state index in [1.807, 2.05) is 12.1 Å². The SMILES string of the molecule is CC(C)C1CCCC(N[C@H](C)c2cccc(Cl)c2)CC1. The summed E-state index contributed by atoms with van der Waals surface area (Å²) in [6.07, 6.45) is 6.77. The highest BCUT2D eigenvalue weighted by Gasteiger charge is 2.22. The van der Waals surface area contributed by atoms with Gasteiger partial charge in [0.2, 0.25) is 0 Å². The second-order valence-electron chi connectivity index (χ2n) is 6.65. The Hall–Kier alpha value is -0.530. The molecule has 0 aromatic heterocycles. The fraction of sp³-hybridized carbons (Fsp3) is 0.667. The van der Waals surface area contributed by atoms with Gasteiger partial charge < -0.3 is 5.32 Å². The highest BCUT2D eigenvalue weighted by molar-refractivity contribution is 6.30. The maximum atomic E-state index is 6.08. The predicted molar refractivity (Wildman–Crippen MR) is 88.2 cm³/mol. The summed E-state index contributed by atoms with van der Waals surface area (Å²) in [6, 6.07) is 9.26. The Labute approximate surface area is 129 Å². The highest BCUT2D eigenvalue weighted by atomic mass is 35.5. The van der Waals surface area contributed by atoms with Crippen molar-refractivity contribution in [1.29, 1.82) is 0 Å². The van der Waals surface area contributed by atoms with Crippen molar-refractivity contribution in [3.8, 4) is 0 Å². The molecule has 1 aliphatic rings. The van der Waals surface area contributed by atoms with Gasteiger partial charge in [-0.15, -0.1) is 0 Å². The summed E-state index contributed by atoms with van der Waals surface area (Å²) < 4.78 is 0. The molecule has 1 aromatic carbocycles. The molecule has 1 nitrogen and oxygen atoms in total. The summed E-state index contributed by atoms with van der Waals surface area (Å²) in [4.78, 5) is 0. The van der Waals surface area contributed by atoms with Gasteiger partial charge in [0.05, 0.1) is 0 Å². The molecule has 1 fully saturated rings. The first-order valence-electron chi connectivity index (χ1n) is 8.07. The van der Waals surface area contributed by atoms with Crippen LogP contribution in [0, 0.1) is 11.8 Å². The van der Waals surface area contributed by atoms with Gasteiger partial charge in [-0.1, -0.05) is 50.4 Å². The van der Waals surface area contributed by atoms with Crippen molar-refractivity contribution in [2.45, 2.75) is 65.0 Å². The van der Waals surface area contributed by atoms with Crippen LogP contribution in [0.4, 0.5) is 0 Å². The standard InChI is InChI=1S/C18H28ClN/c1-13(2)15-6-5-9-18(11-10-15)20-14(3)16-7-4-8-17(19)12-16/h4,7-8,12-15,18,20H,5-6,9-11H2,1-3H3/t14-,15?,18?/m1/s1. The second-order valence-corrected chi connectivity index (χ2v) is 7.09. The van der Waals surface area contributed by atoms with E-state index in [0.717, 1.165) is 16.9 Å². The Bertz CT molecular complexity index is 416. The van der Waals surface area contributed by atoms with Gasteiger partial charge >= 0.3 is 0 Å². The smallest absolute Gasteiger partial charge is 0.0409 e. The summed E-state index contributed by atoms with van der Waals surface area (Å²) >= 11 is 6.08. The van der Waals surface area contributed by atoms with Crippen LogP contribution in [0.3, 0.4) is 0 Å². The van der Waals surface area contributed by atoms with Gasteiger partial charge in [0.1, 0.15) is 0 Å². The zero-order valence-electron chi connectivity index (χ0n) is 13.0. The van der Waals surface area contributed by atoms with E-state index in [4.69, 9.17) is 11.6 Å². The van der Waals surface area contributed by atoms with E-state index in [-0.39, 0.29) is 0 Å². The van der Waals surface area contributed by atoms with Gasteiger partial charge in [-0.05, 0) is 55.7 Å². The lowest BCUT2D eigenvalue weighted by atomic mass is 9.89. The zero-order chi connectivity index (χ0) is 14.5. The lowest BCUT2D eigenvalue weighted by molar-refractivity contribution is 0.335. The molecule has 1 aliphatic carbocycles. The van der Waals surface area contributed by atoms with Crippen LogP contribution in [0.25, 0.3) is 0 Å². The van der Waals surface area contributed by atoms with Gasteiger partial charge in [-0.2, -0.15) is 0 Å². The van der Waals surface area contributed by atoms with Crippen LogP contribution < -0.4 is 5.32 Å². The van der Waals surface area contributed by atoms with Crippen LogP contribution >= 0.6 is 11.6 Å². The van der Waals surface area contributed by atoms with E-state index in [1.165, 1.54) is 37.7 Å². The average molecular weight is 294 g/mol. The number of halogens is 1. The van der Waals surface area contributed by atoms with Crippen molar-refractivity contribution >= 4 is 11.6 Å². The van der Waals surface area contributed by atoms with Gasteiger partial charge in [-0.25, -0.2) is 0 Å². The molecule has 112 valence electrons. The molecule has 1 aromatic rings. The number of rotatable bonds is 4. The predicted octanol–water partition coefficient (Wildman–Crippen LogP) is 5.60. The first kappa shape index (κ1) is 15.9. The zero-order valence-corrected chi connectivity index (χ0v) is 13.8. The Morgan fingerprint density at radius 1 is 1.10 bits per heavy atom. The third-order valence-corrected chi connectivity index (χ3v) is 5.03. The third-order valence-electron chi connectivity index (χ3n) is 4.79. The molecule has 3 atom stereocenters. The number of nitrogens with one attached hydrogen (secondary N) is 1. The van der Waals surface area contributed by atoms with Crippen molar-refractivity contribution in [2.24, 2.45) is 11.8 Å². The maximum absolute atomic E-state index is 6.08. The van der Waals surface area contributed by atoms with E-state index < -0.39 is 0 Å². The Kier molecular flexibility index (Phi) is 5.92. The van der Waals surface area contributed by atoms with Crippen molar-refractivity contribution < 1.29 is 0 Å². The number of hydrogen-bond donors (Lipinski definition) is 1. The van der Waals surface area contributed by atoms with E-state index in [2.05, 4.69) is 38.2 Å². The minimum atomic E-state index is 0.384. The molecule has 0 heterocycles. The molecule has 0 amide bonds. The summed E-state index contributed by atoms with van der Waals surface area (Å²) in [5.41, 5.74) is 1.29. The minimum absolute atomic E-state index is 0.384. The third kappa shape index (κ3) is 4.49. The highest BCUT2D eigenvalue weighted by Crippen LogP contribution is 2.30. The normalized spacial score (nSPS) is 25.4. The quantitative estimate of drug-likeness (QED) is 0.713. The van der Waals surface area contributed by atoms with Crippen LogP contribution in [-0.2, 0) is 0 Å². The molecular formula is C18H28ClN. The fourth-order valence-electron chi connectivity index (χ4n) is 3.39.